The molecule has 0 unspecified atom stereocenters. The second-order valence-corrected chi connectivity index (χ2v) is 6.04. The van der Waals surface area contributed by atoms with Gasteiger partial charge in [-0.15, -0.1) is 0 Å². The van der Waals surface area contributed by atoms with E-state index in [0.29, 0.717) is 24.4 Å². The summed E-state index contributed by atoms with van der Waals surface area (Å²) in [4.78, 5) is 14.4. The van der Waals surface area contributed by atoms with Crippen molar-refractivity contribution in [3.63, 3.8) is 0 Å². The van der Waals surface area contributed by atoms with E-state index >= 15 is 0 Å². The van der Waals surface area contributed by atoms with E-state index in [2.05, 4.69) is 11.4 Å². The van der Waals surface area contributed by atoms with E-state index in [1.165, 1.54) is 0 Å². The van der Waals surface area contributed by atoms with Crippen molar-refractivity contribution < 1.29 is 14.3 Å². The second-order valence-electron chi connectivity index (χ2n) is 6.04. The first-order valence-corrected chi connectivity index (χ1v) is 8.55. The van der Waals surface area contributed by atoms with Gasteiger partial charge in [0, 0.05) is 13.1 Å². The molecule has 6 nitrogen and oxygen atoms in total. The van der Waals surface area contributed by atoms with Crippen molar-refractivity contribution in [3.8, 4) is 17.6 Å². The van der Waals surface area contributed by atoms with Crippen molar-refractivity contribution in [1.82, 2.24) is 10.2 Å². The van der Waals surface area contributed by atoms with Gasteiger partial charge in [0.25, 0.3) is 0 Å². The van der Waals surface area contributed by atoms with E-state index in [1.54, 1.807) is 17.0 Å². The first-order chi connectivity index (χ1) is 12.6. The van der Waals surface area contributed by atoms with Gasteiger partial charge in [0.15, 0.2) is 11.5 Å². The zero-order chi connectivity index (χ0) is 18.5. The maximum absolute atomic E-state index is 12.6. The molecule has 0 saturated carbocycles. The number of urea groups is 1. The van der Waals surface area contributed by atoms with Crippen LogP contribution in [0.5, 0.6) is 11.5 Å². The Kier molecular flexibility index (Phi) is 5.28. The Balaban J connectivity index is 1.63. The van der Waals surface area contributed by atoms with Crippen LogP contribution in [-0.4, -0.2) is 24.3 Å². The monoisotopic (exact) mass is 351 g/mol. The number of rotatable bonds is 5. The number of carbonyl (C=O) groups is 1. The first-order valence-electron chi connectivity index (χ1n) is 8.55. The minimum Gasteiger partial charge on any atom is -0.454 e. The van der Waals surface area contributed by atoms with Gasteiger partial charge in [-0.25, -0.2) is 4.79 Å². The summed E-state index contributed by atoms with van der Waals surface area (Å²) in [7, 11) is 0. The molecule has 0 saturated heterocycles. The Morgan fingerprint density at radius 2 is 1.96 bits per heavy atom. The first kappa shape index (κ1) is 17.6. The fraction of sp³-hybridized carbons (Fsp3) is 0.300. The minimum atomic E-state index is -0.137. The number of nitrogens with one attached hydrogen (secondary N) is 1. The largest absolute Gasteiger partial charge is 0.454 e. The van der Waals surface area contributed by atoms with E-state index in [4.69, 9.17) is 14.7 Å². The van der Waals surface area contributed by atoms with Crippen molar-refractivity contribution in [2.45, 2.75) is 26.4 Å². The third-order valence-corrected chi connectivity index (χ3v) is 4.47. The quantitative estimate of drug-likeness (QED) is 0.893. The van der Waals surface area contributed by atoms with Crippen LogP contribution in [0.1, 0.15) is 36.6 Å². The lowest BCUT2D eigenvalue weighted by Crippen LogP contribution is -2.41. The van der Waals surface area contributed by atoms with Crippen LogP contribution in [0.3, 0.4) is 0 Å². The average molecular weight is 351 g/mol. The van der Waals surface area contributed by atoms with Gasteiger partial charge in [-0.1, -0.05) is 18.2 Å². The molecule has 0 bridgehead atoms. The van der Waals surface area contributed by atoms with Crippen molar-refractivity contribution >= 4 is 6.03 Å². The molecule has 1 aliphatic heterocycles. The van der Waals surface area contributed by atoms with E-state index < -0.39 is 0 Å². The van der Waals surface area contributed by atoms with Gasteiger partial charge in [-0.3, -0.25) is 0 Å². The van der Waals surface area contributed by atoms with Gasteiger partial charge in [-0.2, -0.15) is 5.26 Å². The zero-order valence-corrected chi connectivity index (χ0v) is 14.9. The normalized spacial score (nSPS) is 13.0. The third-order valence-electron chi connectivity index (χ3n) is 4.47. The number of nitriles is 1. The summed E-state index contributed by atoms with van der Waals surface area (Å²) in [6.45, 7) is 5.14. The highest BCUT2D eigenvalue weighted by molar-refractivity contribution is 5.74. The third kappa shape index (κ3) is 3.72. The van der Waals surface area contributed by atoms with Gasteiger partial charge >= 0.3 is 6.03 Å². The van der Waals surface area contributed by atoms with E-state index in [0.717, 1.165) is 16.9 Å². The van der Waals surface area contributed by atoms with Crippen LogP contribution in [-0.2, 0) is 6.54 Å². The van der Waals surface area contributed by atoms with Gasteiger partial charge in [0.1, 0.15) is 0 Å². The molecular formula is C20H21N3O3. The predicted octanol–water partition coefficient (Wildman–Crippen LogP) is 3.58. The Labute approximate surface area is 152 Å². The van der Waals surface area contributed by atoms with E-state index in [1.807, 2.05) is 44.2 Å². The Hall–Kier alpha value is -3.20. The zero-order valence-electron chi connectivity index (χ0n) is 14.9. The molecular weight excluding hydrogens is 330 g/mol. The summed E-state index contributed by atoms with van der Waals surface area (Å²) in [5.41, 5.74) is 2.55. The van der Waals surface area contributed by atoms with Crippen LogP contribution in [0.2, 0.25) is 0 Å². The second kappa shape index (κ2) is 7.79. The summed E-state index contributed by atoms with van der Waals surface area (Å²) >= 11 is 0. The number of hydrogen-bond donors (Lipinski definition) is 1. The highest BCUT2D eigenvalue weighted by Crippen LogP contribution is 2.32. The summed E-state index contributed by atoms with van der Waals surface area (Å²) < 4.78 is 10.7. The van der Waals surface area contributed by atoms with Crippen LogP contribution < -0.4 is 14.8 Å². The Morgan fingerprint density at radius 3 is 2.65 bits per heavy atom. The molecule has 0 radical (unpaired) electrons. The molecule has 6 heteroatoms. The molecule has 2 aromatic rings. The molecule has 2 aromatic carbocycles. The molecule has 26 heavy (non-hydrogen) atoms. The topological polar surface area (TPSA) is 74.6 Å². The fourth-order valence-electron chi connectivity index (χ4n) is 2.94. The molecule has 1 heterocycles. The summed E-state index contributed by atoms with van der Waals surface area (Å²) in [5, 5.41) is 11.9. The van der Waals surface area contributed by atoms with Gasteiger partial charge < -0.3 is 19.7 Å². The van der Waals surface area contributed by atoms with E-state index in [-0.39, 0.29) is 18.9 Å². The van der Waals surface area contributed by atoms with Crippen molar-refractivity contribution in [3.05, 3.63) is 59.2 Å². The van der Waals surface area contributed by atoms with Crippen molar-refractivity contribution in [2.24, 2.45) is 0 Å². The smallest absolute Gasteiger partial charge is 0.318 e. The molecule has 1 N–H and O–H groups in total. The predicted molar refractivity (Wildman–Crippen MR) is 96.8 cm³/mol. The molecule has 0 aliphatic carbocycles. The van der Waals surface area contributed by atoms with Gasteiger partial charge in [0.2, 0.25) is 6.79 Å². The molecule has 3 rings (SSSR count). The van der Waals surface area contributed by atoms with Crippen molar-refractivity contribution in [2.75, 3.05) is 13.3 Å². The maximum Gasteiger partial charge on any atom is 0.318 e. The van der Waals surface area contributed by atoms with Crippen LogP contribution in [0.4, 0.5) is 4.79 Å². The number of ether oxygens (including phenoxy) is 2. The lowest BCUT2D eigenvalue weighted by atomic mass is 10.1. The van der Waals surface area contributed by atoms with Crippen LogP contribution in [0.25, 0.3) is 0 Å². The fourth-order valence-corrected chi connectivity index (χ4v) is 2.94. The van der Waals surface area contributed by atoms with Crippen LogP contribution in [0, 0.1) is 11.3 Å². The average Bonchev–Trinajstić information content (AvgIpc) is 3.14. The number of carbonyl (C=O) groups excluding carboxylic acids is 1. The van der Waals surface area contributed by atoms with Crippen LogP contribution in [0.15, 0.2) is 42.5 Å². The molecule has 0 spiro atoms. The maximum atomic E-state index is 12.6. The number of amides is 2. The summed E-state index contributed by atoms with van der Waals surface area (Å²) in [6.07, 6.45) is 0. The number of nitrogens with zero attached hydrogens (tertiary/aromatic N) is 2. The lowest BCUT2D eigenvalue weighted by Gasteiger charge is -2.28. The molecule has 1 atom stereocenters. The van der Waals surface area contributed by atoms with Crippen LogP contribution >= 0.6 is 0 Å². The molecule has 1 aliphatic rings. The van der Waals surface area contributed by atoms with Crippen molar-refractivity contribution in [1.29, 1.82) is 5.26 Å². The molecule has 134 valence electrons. The van der Waals surface area contributed by atoms with Gasteiger partial charge in [0.05, 0.1) is 17.7 Å². The molecule has 0 fully saturated rings. The SMILES string of the molecule is CCN(C(=O)NCc1ccc2c(c1)OCO2)[C@H](C)c1ccc(C#N)cc1. The Bertz CT molecular complexity index is 827. The standard InChI is InChI=1S/C20H21N3O3/c1-3-23(14(2)17-7-4-15(11-21)5-8-17)20(24)22-12-16-6-9-18-19(10-16)26-13-25-18/h4-10,14H,3,12-13H2,1-2H3,(H,22,24)/t14-/m1/s1. The van der Waals surface area contributed by atoms with E-state index in [9.17, 15) is 4.79 Å². The minimum absolute atomic E-state index is 0.0931. The highest BCUT2D eigenvalue weighted by atomic mass is 16.7. The molecule has 2 amide bonds. The number of fused-ring (bicyclic) bond motifs is 1. The number of benzene rings is 2. The highest BCUT2D eigenvalue weighted by Gasteiger charge is 2.20. The number of hydrogen-bond acceptors (Lipinski definition) is 4. The Morgan fingerprint density at radius 1 is 1.23 bits per heavy atom. The van der Waals surface area contributed by atoms with Gasteiger partial charge in [-0.05, 0) is 49.2 Å². The molecule has 0 aromatic heterocycles. The lowest BCUT2D eigenvalue weighted by molar-refractivity contribution is 0.174. The summed E-state index contributed by atoms with van der Waals surface area (Å²) in [6, 6.07) is 14.8. The summed E-state index contributed by atoms with van der Waals surface area (Å²) in [5.74, 6) is 1.43.